The molecule has 0 fully saturated rings. The first-order chi connectivity index (χ1) is 40.8. The second-order valence-electron chi connectivity index (χ2n) is 17.9. The van der Waals surface area contributed by atoms with Crippen molar-refractivity contribution in [3.63, 3.8) is 0 Å². The molecule has 6 aromatic carbocycles. The number of nitrogens with zero attached hydrogens (tertiary/aromatic N) is 6. The number of carboxylic acids is 6. The van der Waals surface area contributed by atoms with Crippen LogP contribution in [-0.2, 0) is 69.5 Å². The summed E-state index contributed by atoms with van der Waals surface area (Å²) < 4.78 is 0. The van der Waals surface area contributed by atoms with E-state index in [1.54, 1.807) is 154 Å². The van der Waals surface area contributed by atoms with E-state index >= 15 is 0 Å². The number of carbonyl (C=O) groups is 10. The SMILES string of the molecule is CN(C)C=O.CN(C)C=O.CN(C)C=O.CN(C)C=O.O.O=C([O-])c1ccc(-c2ccc(C(=O)[O-])cc2)cc1.O=C([O-])c1ccc(-c2ccc(C(=O)[O-])cc2)cc1.O=C([O-])c1ccc(-c2ccc(C(=O)[O-])cc2)cc1.[Co+2].[Co+2].[Co+2].c1cc(-c2ccncc2)ccn1. The fourth-order valence-electron chi connectivity index (χ4n) is 5.88. The van der Waals surface area contributed by atoms with Crippen LogP contribution >= 0.6 is 0 Å². The quantitative estimate of drug-likeness (QED) is 0.133. The summed E-state index contributed by atoms with van der Waals surface area (Å²) in [5.41, 5.74) is 7.74. The van der Waals surface area contributed by atoms with E-state index in [9.17, 15) is 78.6 Å². The molecule has 0 atom stereocenters. The number of carboxylic acid groups (broad SMARTS) is 6. The van der Waals surface area contributed by atoms with Gasteiger partial charge in [0.1, 0.15) is 0 Å². The minimum Gasteiger partial charge on any atom is -0.545 e. The van der Waals surface area contributed by atoms with Gasteiger partial charge in [-0.25, -0.2) is 0 Å². The minimum absolute atomic E-state index is 0. The maximum atomic E-state index is 10.6. The van der Waals surface area contributed by atoms with Crippen molar-refractivity contribution in [3.8, 4) is 44.5 Å². The number of aromatic nitrogens is 2. The van der Waals surface area contributed by atoms with E-state index < -0.39 is 35.8 Å². The summed E-state index contributed by atoms with van der Waals surface area (Å²) in [4.78, 5) is 115. The Balaban J connectivity index is -0.000000493. The summed E-state index contributed by atoms with van der Waals surface area (Å²) in [5.74, 6) is -7.37. The van der Waals surface area contributed by atoms with Gasteiger partial charge in [-0.3, -0.25) is 29.1 Å². The van der Waals surface area contributed by atoms with Gasteiger partial charge in [0, 0.05) is 81.2 Å². The minimum atomic E-state index is -1.23. The first kappa shape index (κ1) is 86.2. The molecule has 8 aromatic rings. The van der Waals surface area contributed by atoms with Crippen LogP contribution in [0.15, 0.2) is 195 Å². The average molecular weight is 1360 g/mol. The van der Waals surface area contributed by atoms with Gasteiger partial charge >= 0.3 is 50.3 Å². The smallest absolute Gasteiger partial charge is 0.545 e. The van der Waals surface area contributed by atoms with Gasteiger partial charge in [-0.1, -0.05) is 146 Å². The fraction of sp³-hybridized carbons (Fsp3) is 0.125. The first-order valence-corrected chi connectivity index (χ1v) is 25.0. The number of carbonyl (C=O) groups excluding carboxylic acids is 10. The van der Waals surface area contributed by atoms with Gasteiger partial charge in [0.05, 0.1) is 35.8 Å². The number of amides is 4. The molecule has 0 aliphatic rings. The van der Waals surface area contributed by atoms with Crippen LogP contribution in [0.2, 0.25) is 0 Å². The Morgan fingerprint density at radius 3 is 0.444 bits per heavy atom. The van der Waals surface area contributed by atoms with Gasteiger partial charge in [-0.05, 0) is 102 Å². The Bertz CT molecular complexity index is 2870. The Hall–Kier alpha value is -10.2. The molecule has 0 saturated heterocycles. The first-order valence-electron chi connectivity index (χ1n) is 25.0. The van der Waals surface area contributed by atoms with Crippen LogP contribution < -0.4 is 30.6 Å². The van der Waals surface area contributed by atoms with Gasteiger partial charge in [-0.2, -0.15) is 0 Å². The van der Waals surface area contributed by atoms with Crippen LogP contribution in [0, 0.1) is 0 Å². The monoisotopic (exact) mass is 1360 g/mol. The van der Waals surface area contributed by atoms with Crippen LogP contribution in [-0.4, -0.2) is 153 Å². The normalized spacial score (nSPS) is 8.80. The summed E-state index contributed by atoms with van der Waals surface area (Å²) in [7, 11) is 13.5. The number of pyridine rings is 2. The summed E-state index contributed by atoms with van der Waals surface area (Å²) in [5, 5.41) is 63.5. The van der Waals surface area contributed by atoms with E-state index in [-0.39, 0.29) is 89.2 Å². The molecule has 0 unspecified atom stereocenters. The van der Waals surface area contributed by atoms with E-state index in [1.807, 2.05) is 24.3 Å². The van der Waals surface area contributed by atoms with Gasteiger partial charge < -0.3 is 84.5 Å². The third-order valence-electron chi connectivity index (χ3n) is 10.3. The van der Waals surface area contributed by atoms with E-state index in [0.717, 1.165) is 59.0 Å². The van der Waals surface area contributed by atoms with Crippen molar-refractivity contribution in [2.24, 2.45) is 0 Å². The number of benzene rings is 6. The second-order valence-corrected chi connectivity index (χ2v) is 17.9. The van der Waals surface area contributed by atoms with Crippen molar-refractivity contribution in [1.82, 2.24) is 29.6 Å². The Labute approximate surface area is 551 Å². The van der Waals surface area contributed by atoms with Crippen LogP contribution in [0.3, 0.4) is 0 Å². The van der Waals surface area contributed by atoms with E-state index in [0.29, 0.717) is 0 Å². The van der Waals surface area contributed by atoms with Crippen molar-refractivity contribution in [2.75, 3.05) is 56.4 Å². The zero-order valence-corrected chi connectivity index (χ0v) is 52.6. The van der Waals surface area contributed by atoms with E-state index in [1.165, 1.54) is 104 Å². The number of rotatable bonds is 14. The van der Waals surface area contributed by atoms with Gasteiger partial charge in [0.15, 0.2) is 0 Å². The zero-order valence-electron chi connectivity index (χ0n) is 49.5. The molecule has 0 aliphatic carbocycles. The second kappa shape index (κ2) is 47.9. The Kier molecular flexibility index (Phi) is 45.9. The molecule has 0 saturated carbocycles. The summed E-state index contributed by atoms with van der Waals surface area (Å²) in [6, 6.07) is 44.9. The molecule has 0 bridgehead atoms. The third kappa shape index (κ3) is 35.4. The molecule has 0 aliphatic heterocycles. The molecule has 26 heteroatoms. The van der Waals surface area contributed by atoms with Crippen molar-refractivity contribution in [2.45, 2.75) is 0 Å². The average Bonchev–Trinajstić information content (AvgIpc) is 2.42. The number of aromatic carboxylic acids is 6. The predicted octanol–water partition coefficient (Wildman–Crippen LogP) is 0.371. The zero-order chi connectivity index (χ0) is 64.7. The van der Waals surface area contributed by atoms with Gasteiger partial charge in [-0.15, -0.1) is 0 Å². The largest absolute Gasteiger partial charge is 2.00 e. The molecule has 90 heavy (non-hydrogen) atoms. The van der Waals surface area contributed by atoms with Crippen molar-refractivity contribution in [1.29, 1.82) is 0 Å². The van der Waals surface area contributed by atoms with Crippen LogP contribution in [0.5, 0.6) is 0 Å². The van der Waals surface area contributed by atoms with Crippen molar-refractivity contribution >= 4 is 61.5 Å². The molecule has 4 amide bonds. The summed E-state index contributed by atoms with van der Waals surface area (Å²) in [6.45, 7) is 0. The third-order valence-corrected chi connectivity index (χ3v) is 10.3. The summed E-state index contributed by atoms with van der Waals surface area (Å²) >= 11 is 0. The molecule has 2 heterocycles. The maximum Gasteiger partial charge on any atom is 2.00 e. The maximum absolute atomic E-state index is 10.6. The topological polar surface area (TPSA) is 379 Å². The number of hydrogen-bond donors (Lipinski definition) is 0. The molecule has 3 radical (unpaired) electrons. The summed E-state index contributed by atoms with van der Waals surface area (Å²) in [6.07, 6.45) is 10.1. The molecule has 477 valence electrons. The predicted molar refractivity (Wildman–Crippen MR) is 312 cm³/mol. The van der Waals surface area contributed by atoms with E-state index in [4.69, 9.17) is 0 Å². The molecule has 0 spiro atoms. The van der Waals surface area contributed by atoms with Crippen LogP contribution in [0.4, 0.5) is 0 Å². The Morgan fingerprint density at radius 2 is 0.356 bits per heavy atom. The van der Waals surface area contributed by atoms with Gasteiger partial charge in [0.25, 0.3) is 0 Å². The van der Waals surface area contributed by atoms with Gasteiger partial charge in [0.2, 0.25) is 25.6 Å². The Morgan fingerprint density at radius 1 is 0.256 bits per heavy atom. The van der Waals surface area contributed by atoms with Crippen LogP contribution in [0.25, 0.3) is 44.5 Å². The molecule has 8 rings (SSSR count). The number of hydrogen-bond acceptors (Lipinski definition) is 18. The van der Waals surface area contributed by atoms with Crippen LogP contribution in [0.1, 0.15) is 62.1 Å². The molecule has 23 nitrogen and oxygen atoms in total. The fourth-order valence-corrected chi connectivity index (χ4v) is 5.88. The molecule has 2 aromatic heterocycles. The molecule has 2 N–H and O–H groups in total. The van der Waals surface area contributed by atoms with E-state index in [2.05, 4.69) is 9.97 Å². The molecular formula is C64H62Co3N6O17. The molecular weight excluding hydrogens is 1300 g/mol. The van der Waals surface area contributed by atoms with Crippen molar-refractivity contribution in [3.05, 3.63) is 228 Å². The van der Waals surface area contributed by atoms with Crippen molar-refractivity contribution < 1.29 is 134 Å². The standard InChI is InChI=1S/3C14H10O4.C10H8N2.4C3H7NO.3Co.H2O/c3*15-13(16)11-5-1-9(2-6-11)10-3-7-12(8-4-10)14(17)18;1-5-11-6-2-9(1)10-3-7-12-8-4-10;4*1-4(2)3-5;;;;/h3*1-8H,(H,15,16)(H,17,18);1-8H;4*3H,1-2H3;;;;1H2/q;;;;;;;;3*+2;/p-6.